The molecular weight excluding hydrogens is 436 g/mol. The lowest BCUT2D eigenvalue weighted by molar-refractivity contribution is -0.120. The van der Waals surface area contributed by atoms with E-state index in [0.717, 1.165) is 23.9 Å². The molecule has 0 radical (unpaired) electrons. The summed E-state index contributed by atoms with van der Waals surface area (Å²) in [6, 6.07) is 16.3. The summed E-state index contributed by atoms with van der Waals surface area (Å²) >= 11 is 0. The molecule has 1 aliphatic carbocycles. The third-order valence-electron chi connectivity index (χ3n) is 6.86. The maximum atomic E-state index is 13.0. The summed E-state index contributed by atoms with van der Waals surface area (Å²) in [5, 5.41) is 5.43. The van der Waals surface area contributed by atoms with E-state index in [2.05, 4.69) is 23.5 Å². The van der Waals surface area contributed by atoms with Gasteiger partial charge in [0.1, 0.15) is 0 Å². The summed E-state index contributed by atoms with van der Waals surface area (Å²) in [4.78, 5) is 24.6. The Morgan fingerprint density at radius 3 is 2.24 bits per heavy atom. The highest BCUT2D eigenvalue weighted by Crippen LogP contribution is 2.35. The predicted octanol–water partition coefficient (Wildman–Crippen LogP) is 4.18. The normalized spacial score (nSPS) is 16.8. The SMILES string of the molecule is CC(=O)c1ccc(S(=O)(=O)N2CCC(C(=O)Nc3ccc4c5c(cccc35)CC4)CC2)cc1. The van der Waals surface area contributed by atoms with E-state index in [1.165, 1.54) is 52.0 Å². The zero-order valence-corrected chi connectivity index (χ0v) is 19.3. The molecule has 3 aromatic carbocycles. The van der Waals surface area contributed by atoms with Crippen molar-refractivity contribution >= 4 is 38.2 Å². The summed E-state index contributed by atoms with van der Waals surface area (Å²) in [6.45, 7) is 2.03. The van der Waals surface area contributed by atoms with Crippen molar-refractivity contribution in [2.75, 3.05) is 18.4 Å². The van der Waals surface area contributed by atoms with Crippen molar-refractivity contribution in [3.05, 3.63) is 71.3 Å². The Kier molecular flexibility index (Phi) is 5.54. The van der Waals surface area contributed by atoms with E-state index in [1.807, 2.05) is 12.1 Å². The molecule has 1 amide bonds. The molecule has 0 unspecified atom stereocenters. The Labute approximate surface area is 193 Å². The van der Waals surface area contributed by atoms with E-state index >= 15 is 0 Å². The second-order valence-electron chi connectivity index (χ2n) is 8.86. The van der Waals surface area contributed by atoms with Crippen LogP contribution < -0.4 is 5.32 Å². The van der Waals surface area contributed by atoms with Gasteiger partial charge in [0, 0.05) is 35.6 Å². The van der Waals surface area contributed by atoms with Gasteiger partial charge in [-0.15, -0.1) is 0 Å². The molecule has 7 heteroatoms. The molecule has 1 aliphatic heterocycles. The van der Waals surface area contributed by atoms with Gasteiger partial charge < -0.3 is 5.32 Å². The number of anilines is 1. The zero-order valence-electron chi connectivity index (χ0n) is 18.5. The lowest BCUT2D eigenvalue weighted by Gasteiger charge is -2.30. The number of aryl methyl sites for hydroxylation is 2. The van der Waals surface area contributed by atoms with Crippen LogP contribution >= 0.6 is 0 Å². The minimum absolute atomic E-state index is 0.0587. The van der Waals surface area contributed by atoms with Crippen LogP contribution in [0.3, 0.4) is 0 Å². The standard InChI is InChI=1S/C26H26N2O4S/c1-17(29)18-7-10-22(11-8-18)33(31,32)28-15-13-21(14-16-28)26(30)27-24-12-9-20-6-5-19-3-2-4-23(24)25(19)20/h2-4,7-12,21H,5-6,13-16H2,1H3,(H,27,30). The number of piperidine rings is 1. The van der Waals surface area contributed by atoms with Crippen molar-refractivity contribution in [2.45, 2.75) is 37.5 Å². The Morgan fingerprint density at radius 1 is 0.909 bits per heavy atom. The van der Waals surface area contributed by atoms with Crippen LogP contribution in [0.5, 0.6) is 0 Å². The molecule has 1 heterocycles. The van der Waals surface area contributed by atoms with E-state index in [-0.39, 0.29) is 22.5 Å². The summed E-state index contributed by atoms with van der Waals surface area (Å²) < 4.78 is 27.4. The monoisotopic (exact) mass is 462 g/mol. The van der Waals surface area contributed by atoms with E-state index in [9.17, 15) is 18.0 Å². The maximum Gasteiger partial charge on any atom is 0.243 e. The van der Waals surface area contributed by atoms with Crippen molar-refractivity contribution in [1.29, 1.82) is 0 Å². The number of nitrogens with one attached hydrogen (secondary N) is 1. The summed E-state index contributed by atoms with van der Waals surface area (Å²) in [6.07, 6.45) is 3.01. The van der Waals surface area contributed by atoms with E-state index < -0.39 is 10.0 Å². The fourth-order valence-electron chi connectivity index (χ4n) is 4.96. The highest BCUT2D eigenvalue weighted by atomic mass is 32.2. The Morgan fingerprint density at radius 2 is 1.58 bits per heavy atom. The van der Waals surface area contributed by atoms with Crippen molar-refractivity contribution < 1.29 is 18.0 Å². The highest BCUT2D eigenvalue weighted by molar-refractivity contribution is 7.89. The molecule has 0 atom stereocenters. The number of sulfonamides is 1. The molecule has 0 saturated carbocycles. The van der Waals surface area contributed by atoms with Crippen LogP contribution in [-0.2, 0) is 27.7 Å². The first kappa shape index (κ1) is 21.8. The van der Waals surface area contributed by atoms with Crippen LogP contribution in [0.2, 0.25) is 0 Å². The lowest BCUT2D eigenvalue weighted by atomic mass is 9.96. The van der Waals surface area contributed by atoms with Crippen LogP contribution in [-0.4, -0.2) is 37.5 Å². The molecule has 0 spiro atoms. The van der Waals surface area contributed by atoms with Crippen LogP contribution in [0.4, 0.5) is 5.69 Å². The van der Waals surface area contributed by atoms with Gasteiger partial charge in [-0.1, -0.05) is 36.4 Å². The highest BCUT2D eigenvalue weighted by Gasteiger charge is 2.32. The maximum absolute atomic E-state index is 13.0. The van der Waals surface area contributed by atoms with Gasteiger partial charge in [-0.3, -0.25) is 9.59 Å². The van der Waals surface area contributed by atoms with Crippen molar-refractivity contribution in [1.82, 2.24) is 4.31 Å². The van der Waals surface area contributed by atoms with Crippen molar-refractivity contribution in [3.8, 4) is 0 Å². The fourth-order valence-corrected chi connectivity index (χ4v) is 6.43. The van der Waals surface area contributed by atoms with Gasteiger partial charge >= 0.3 is 0 Å². The minimum Gasteiger partial charge on any atom is -0.325 e. The third-order valence-corrected chi connectivity index (χ3v) is 8.77. The van der Waals surface area contributed by atoms with Crippen molar-refractivity contribution in [3.63, 3.8) is 0 Å². The van der Waals surface area contributed by atoms with E-state index in [1.54, 1.807) is 0 Å². The average Bonchev–Trinajstić information content (AvgIpc) is 3.25. The smallest absolute Gasteiger partial charge is 0.243 e. The van der Waals surface area contributed by atoms with E-state index in [4.69, 9.17) is 0 Å². The van der Waals surface area contributed by atoms with Crippen LogP contribution in [0.15, 0.2) is 59.5 Å². The number of rotatable bonds is 5. The number of carbonyl (C=O) groups is 2. The first-order valence-electron chi connectivity index (χ1n) is 11.3. The second-order valence-corrected chi connectivity index (χ2v) is 10.8. The van der Waals surface area contributed by atoms with Gasteiger partial charge in [0.2, 0.25) is 15.9 Å². The first-order valence-corrected chi connectivity index (χ1v) is 12.7. The quantitative estimate of drug-likeness (QED) is 0.577. The first-order chi connectivity index (χ1) is 15.8. The molecule has 1 N–H and O–H groups in total. The van der Waals surface area contributed by atoms with Gasteiger partial charge in [-0.2, -0.15) is 4.31 Å². The summed E-state index contributed by atoms with van der Waals surface area (Å²) in [5.41, 5.74) is 3.96. The summed E-state index contributed by atoms with van der Waals surface area (Å²) in [5.74, 6) is -0.401. The zero-order chi connectivity index (χ0) is 23.2. The predicted molar refractivity (Wildman–Crippen MR) is 128 cm³/mol. The van der Waals surface area contributed by atoms with Gasteiger partial charge in [0.15, 0.2) is 5.78 Å². The third kappa shape index (κ3) is 3.96. The lowest BCUT2D eigenvalue weighted by Crippen LogP contribution is -2.41. The number of hydrogen-bond acceptors (Lipinski definition) is 4. The van der Waals surface area contributed by atoms with Gasteiger partial charge in [0.05, 0.1) is 4.90 Å². The minimum atomic E-state index is -3.65. The number of carbonyl (C=O) groups excluding carboxylic acids is 2. The molecule has 6 nitrogen and oxygen atoms in total. The number of nitrogens with zero attached hydrogens (tertiary/aromatic N) is 1. The Bertz CT molecular complexity index is 1340. The molecular formula is C26H26N2O4S. The van der Waals surface area contributed by atoms with E-state index in [0.29, 0.717) is 31.5 Å². The molecule has 0 aromatic heterocycles. The van der Waals surface area contributed by atoms with Crippen LogP contribution in [0.25, 0.3) is 10.8 Å². The molecule has 1 fully saturated rings. The molecule has 33 heavy (non-hydrogen) atoms. The molecule has 170 valence electrons. The number of amides is 1. The topological polar surface area (TPSA) is 83.6 Å². The summed E-state index contributed by atoms with van der Waals surface area (Å²) in [7, 11) is -3.65. The van der Waals surface area contributed by atoms with Gasteiger partial charge in [-0.25, -0.2) is 8.42 Å². The fraction of sp³-hybridized carbons (Fsp3) is 0.308. The Balaban J connectivity index is 1.26. The average molecular weight is 463 g/mol. The molecule has 0 bridgehead atoms. The number of benzene rings is 3. The Hall–Kier alpha value is -3.03. The van der Waals surface area contributed by atoms with Crippen LogP contribution in [0, 0.1) is 5.92 Å². The molecule has 1 saturated heterocycles. The molecule has 3 aromatic rings. The second kappa shape index (κ2) is 8.39. The number of Topliss-reactive ketones (excluding diaryl/α,β-unsaturated/α-hetero) is 1. The van der Waals surface area contributed by atoms with Crippen LogP contribution in [0.1, 0.15) is 41.3 Å². The van der Waals surface area contributed by atoms with Gasteiger partial charge in [-0.05, 0) is 67.3 Å². The van der Waals surface area contributed by atoms with Crippen molar-refractivity contribution in [2.24, 2.45) is 5.92 Å². The molecule has 2 aliphatic rings. The van der Waals surface area contributed by atoms with Gasteiger partial charge in [0.25, 0.3) is 0 Å². The number of hydrogen-bond donors (Lipinski definition) is 1. The largest absolute Gasteiger partial charge is 0.325 e. The number of ketones is 1. The molecule has 5 rings (SSSR count).